The van der Waals surface area contributed by atoms with Crippen LogP contribution in [0.15, 0.2) is 46.1 Å². The first-order valence-electron chi connectivity index (χ1n) is 14.2. The van der Waals surface area contributed by atoms with E-state index in [1.807, 2.05) is 10.2 Å². The van der Waals surface area contributed by atoms with Crippen LogP contribution in [0.2, 0.25) is 5.02 Å². The quantitative estimate of drug-likeness (QED) is 0.372. The lowest BCUT2D eigenvalue weighted by atomic mass is 9.97. The number of hydrogen-bond acceptors (Lipinski definition) is 9. The topological polar surface area (TPSA) is 122 Å². The summed E-state index contributed by atoms with van der Waals surface area (Å²) in [5.41, 5.74) is -1.26. The maximum atomic E-state index is 13.0. The molecule has 1 aromatic heterocycles. The van der Waals surface area contributed by atoms with Gasteiger partial charge >= 0.3 is 6.18 Å². The van der Waals surface area contributed by atoms with Crippen LogP contribution in [0.3, 0.4) is 0 Å². The molecule has 2 aliphatic heterocycles. The maximum absolute atomic E-state index is 13.0. The number of halogens is 4. The lowest BCUT2D eigenvalue weighted by Gasteiger charge is -2.49. The Bertz CT molecular complexity index is 1640. The zero-order chi connectivity index (χ0) is 31.8. The molecule has 5 rings (SSSR count). The fraction of sp³-hybridized carbons (Fsp3) is 0.433. The Morgan fingerprint density at radius 2 is 1.73 bits per heavy atom. The van der Waals surface area contributed by atoms with Gasteiger partial charge in [-0.1, -0.05) is 11.6 Å². The molecular formula is C30H31ClF3N7O3. The molecule has 0 spiro atoms. The second-order valence-corrected chi connectivity index (χ2v) is 11.7. The van der Waals surface area contributed by atoms with Gasteiger partial charge in [0, 0.05) is 49.9 Å². The number of nitrogens with zero attached hydrogens (tertiary/aromatic N) is 5. The van der Waals surface area contributed by atoms with E-state index < -0.39 is 29.3 Å². The van der Waals surface area contributed by atoms with Crippen molar-refractivity contribution in [2.45, 2.75) is 51.0 Å². The number of carbonyl (C=O) groups is 1. The van der Waals surface area contributed by atoms with Crippen molar-refractivity contribution < 1.29 is 18.0 Å². The number of nitriles is 1. The minimum absolute atomic E-state index is 0.0313. The zero-order valence-electron chi connectivity index (χ0n) is 24.1. The van der Waals surface area contributed by atoms with E-state index in [0.29, 0.717) is 47.6 Å². The minimum atomic E-state index is -4.55. The Labute approximate surface area is 256 Å². The van der Waals surface area contributed by atoms with Crippen LogP contribution in [-0.2, 0) is 0 Å². The summed E-state index contributed by atoms with van der Waals surface area (Å²) in [6.07, 6.45) is -1.44. The zero-order valence-corrected chi connectivity index (χ0v) is 24.9. The number of amides is 1. The first-order chi connectivity index (χ1) is 20.9. The molecule has 0 unspecified atom stereocenters. The molecule has 3 aromatic rings. The third-order valence-corrected chi connectivity index (χ3v) is 8.53. The van der Waals surface area contributed by atoms with Gasteiger partial charge in [0.2, 0.25) is 0 Å². The van der Waals surface area contributed by atoms with Crippen molar-refractivity contribution in [3.63, 3.8) is 0 Å². The predicted octanol–water partition coefficient (Wildman–Crippen LogP) is 4.12. The first kappa shape index (κ1) is 31.3. The molecule has 14 heteroatoms. The van der Waals surface area contributed by atoms with E-state index in [9.17, 15) is 27.6 Å². The standard InChI is InChI=1S/C30H31ClF3N7O3/c1-17-15-41(28-23(31)11-21(13-36-28)38-25-24(26(42)27(25)43)37-16-30(32,33)34)18(2)14-40(17)22-7-9-39(10-8-22)29(44)20-5-3-19(12-35)4-6-20/h3-6,11,13,17-18,22,37-38H,7-10,14-16H2,1-2H3/t17-,18+/m1/s1. The molecule has 2 fully saturated rings. The molecular weight excluding hydrogens is 599 g/mol. The van der Waals surface area contributed by atoms with E-state index in [0.717, 1.165) is 19.4 Å². The number of aromatic nitrogens is 1. The highest BCUT2D eigenvalue weighted by atomic mass is 35.5. The van der Waals surface area contributed by atoms with Gasteiger partial charge in [-0.25, -0.2) is 4.98 Å². The van der Waals surface area contributed by atoms with Crippen molar-refractivity contribution in [1.82, 2.24) is 14.8 Å². The second kappa shape index (κ2) is 12.5. The summed E-state index contributed by atoms with van der Waals surface area (Å²) in [6, 6.07) is 10.8. The van der Waals surface area contributed by atoms with Crippen LogP contribution >= 0.6 is 11.6 Å². The smallest absolute Gasteiger partial charge is 0.371 e. The number of carbonyl (C=O) groups excluding carboxylic acids is 1. The van der Waals surface area contributed by atoms with Gasteiger partial charge in [-0.3, -0.25) is 19.3 Å². The Balaban J connectivity index is 1.19. The number of pyridine rings is 1. The lowest BCUT2D eigenvalue weighted by molar-refractivity contribution is -0.115. The average molecular weight is 630 g/mol. The van der Waals surface area contributed by atoms with E-state index in [-0.39, 0.29) is 29.4 Å². The third kappa shape index (κ3) is 6.51. The van der Waals surface area contributed by atoms with Gasteiger partial charge in [0.15, 0.2) is 0 Å². The minimum Gasteiger partial charge on any atom is -0.371 e. The van der Waals surface area contributed by atoms with Crippen molar-refractivity contribution >= 4 is 40.4 Å². The molecule has 232 valence electrons. The SMILES string of the molecule is C[C@@H]1CN(c2ncc(Nc3c(NCC(F)(F)F)c(=O)c3=O)cc2Cl)[C@@H](C)CN1C1CCN(C(=O)c2ccc(C#N)cc2)CC1. The number of rotatable bonds is 7. The van der Waals surface area contributed by atoms with E-state index in [1.54, 1.807) is 24.3 Å². The maximum Gasteiger partial charge on any atom is 0.405 e. The molecule has 2 saturated heterocycles. The monoisotopic (exact) mass is 629 g/mol. The van der Waals surface area contributed by atoms with Crippen molar-refractivity contribution in [1.29, 1.82) is 5.26 Å². The molecule has 2 aromatic carbocycles. The Morgan fingerprint density at radius 1 is 1.07 bits per heavy atom. The van der Waals surface area contributed by atoms with Gasteiger partial charge in [-0.05, 0) is 57.0 Å². The Kier molecular flexibility index (Phi) is 8.85. The van der Waals surface area contributed by atoms with Crippen molar-refractivity contribution in [3.05, 3.63) is 73.1 Å². The summed E-state index contributed by atoms with van der Waals surface area (Å²) < 4.78 is 37.7. The number of alkyl halides is 3. The fourth-order valence-electron chi connectivity index (χ4n) is 5.95. The highest BCUT2D eigenvalue weighted by Gasteiger charge is 2.37. The molecule has 2 aliphatic rings. The summed E-state index contributed by atoms with van der Waals surface area (Å²) >= 11 is 6.60. The first-order valence-corrected chi connectivity index (χ1v) is 14.6. The highest BCUT2D eigenvalue weighted by molar-refractivity contribution is 6.33. The normalized spacial score (nSPS) is 20.0. The lowest BCUT2D eigenvalue weighted by Crippen LogP contribution is -2.61. The van der Waals surface area contributed by atoms with E-state index in [4.69, 9.17) is 16.9 Å². The molecule has 10 nitrogen and oxygen atoms in total. The summed E-state index contributed by atoms with van der Waals surface area (Å²) in [7, 11) is 0. The van der Waals surface area contributed by atoms with Crippen molar-refractivity contribution in [3.8, 4) is 6.07 Å². The van der Waals surface area contributed by atoms with Crippen LogP contribution in [0.1, 0.15) is 42.6 Å². The number of piperazine rings is 1. The largest absolute Gasteiger partial charge is 0.405 e. The predicted molar refractivity (Wildman–Crippen MR) is 161 cm³/mol. The van der Waals surface area contributed by atoms with Crippen LogP contribution < -0.4 is 26.4 Å². The number of piperidine rings is 1. The van der Waals surface area contributed by atoms with E-state index >= 15 is 0 Å². The molecule has 1 amide bonds. The van der Waals surface area contributed by atoms with Crippen LogP contribution in [-0.4, -0.2) is 77.7 Å². The van der Waals surface area contributed by atoms with Crippen molar-refractivity contribution in [2.24, 2.45) is 0 Å². The Morgan fingerprint density at radius 3 is 2.34 bits per heavy atom. The van der Waals surface area contributed by atoms with Crippen molar-refractivity contribution in [2.75, 3.05) is 48.3 Å². The van der Waals surface area contributed by atoms with Crippen LogP contribution in [0.4, 0.5) is 36.1 Å². The van der Waals surface area contributed by atoms with Crippen LogP contribution in [0.5, 0.6) is 0 Å². The number of anilines is 4. The van der Waals surface area contributed by atoms with Gasteiger partial charge < -0.3 is 20.4 Å². The molecule has 2 N–H and O–H groups in total. The summed E-state index contributed by atoms with van der Waals surface area (Å²) in [6.45, 7) is 5.46. The highest BCUT2D eigenvalue weighted by Crippen LogP contribution is 2.33. The second-order valence-electron chi connectivity index (χ2n) is 11.3. The van der Waals surface area contributed by atoms with E-state index in [1.165, 1.54) is 12.3 Å². The molecule has 2 atom stereocenters. The molecule has 3 heterocycles. The molecule has 44 heavy (non-hydrogen) atoms. The van der Waals surface area contributed by atoms with Gasteiger partial charge in [-0.15, -0.1) is 0 Å². The molecule has 0 bridgehead atoms. The molecule has 0 saturated carbocycles. The Hall–Kier alpha value is -4.15. The van der Waals surface area contributed by atoms with E-state index in [2.05, 4.69) is 40.0 Å². The number of benzene rings is 1. The average Bonchev–Trinajstić information content (AvgIpc) is 3.00. The molecule has 0 radical (unpaired) electrons. The summed E-state index contributed by atoms with van der Waals surface area (Å²) in [4.78, 5) is 47.7. The molecule has 0 aliphatic carbocycles. The number of likely N-dealkylation sites (tertiary alicyclic amines) is 1. The number of hydrogen-bond donors (Lipinski definition) is 2. The van der Waals surface area contributed by atoms with Crippen LogP contribution in [0.25, 0.3) is 0 Å². The number of nitrogens with one attached hydrogen (secondary N) is 2. The van der Waals surface area contributed by atoms with Gasteiger partial charge in [0.05, 0.1) is 28.5 Å². The van der Waals surface area contributed by atoms with Gasteiger partial charge in [0.1, 0.15) is 23.7 Å². The summed E-state index contributed by atoms with van der Waals surface area (Å²) in [5.74, 6) is 0.510. The third-order valence-electron chi connectivity index (χ3n) is 8.25. The van der Waals surface area contributed by atoms with Gasteiger partial charge in [-0.2, -0.15) is 18.4 Å². The summed E-state index contributed by atoms with van der Waals surface area (Å²) in [5, 5.41) is 13.9. The fourth-order valence-corrected chi connectivity index (χ4v) is 6.23. The van der Waals surface area contributed by atoms with Gasteiger partial charge in [0.25, 0.3) is 16.8 Å². The van der Waals surface area contributed by atoms with Crippen LogP contribution in [0, 0.1) is 11.3 Å².